The maximum absolute atomic E-state index is 9.81. The Balaban J connectivity index is 2.14. The number of ether oxygens (including phenoxy) is 1. The van der Waals surface area contributed by atoms with Gasteiger partial charge in [0.25, 0.3) is 0 Å². The highest BCUT2D eigenvalue weighted by Crippen LogP contribution is 2.19. The Hall–Kier alpha value is 0.230. The molecule has 3 atom stereocenters. The Labute approximate surface area is 97.2 Å². The Kier molecular flexibility index (Phi) is 5.97. The number of aliphatic hydroxyl groups is 1. The molecular weight excluding hydrogens is 210 g/mol. The molecule has 90 valence electrons. The minimum absolute atomic E-state index is 0.181. The number of rotatable bonds is 6. The first-order valence-electron chi connectivity index (χ1n) is 5.66. The van der Waals surface area contributed by atoms with Gasteiger partial charge in [0.15, 0.2) is 0 Å². The van der Waals surface area contributed by atoms with Crippen molar-refractivity contribution in [1.29, 1.82) is 0 Å². The summed E-state index contributed by atoms with van der Waals surface area (Å²) >= 11 is 1.67. The molecule has 3 nitrogen and oxygen atoms in total. The maximum Gasteiger partial charge on any atom is 0.0998 e. The summed E-state index contributed by atoms with van der Waals surface area (Å²) < 4.78 is 5.49. The van der Waals surface area contributed by atoms with E-state index in [1.807, 2.05) is 13.2 Å². The topological polar surface area (TPSA) is 32.7 Å². The molecule has 0 bridgehead atoms. The van der Waals surface area contributed by atoms with Gasteiger partial charge in [-0.3, -0.25) is 0 Å². The SMILES string of the molecule is CSC(C)OC[C@@H](O)CC1CCCN1C. The van der Waals surface area contributed by atoms with Crippen LogP contribution in [0, 0.1) is 0 Å². The Morgan fingerprint density at radius 1 is 1.60 bits per heavy atom. The summed E-state index contributed by atoms with van der Waals surface area (Å²) in [5.41, 5.74) is 0.181. The van der Waals surface area contributed by atoms with Gasteiger partial charge >= 0.3 is 0 Å². The third-order valence-corrected chi connectivity index (χ3v) is 3.87. The molecule has 1 N–H and O–H groups in total. The van der Waals surface area contributed by atoms with E-state index in [1.54, 1.807) is 11.8 Å². The largest absolute Gasteiger partial charge is 0.391 e. The zero-order valence-corrected chi connectivity index (χ0v) is 10.8. The van der Waals surface area contributed by atoms with Crippen LogP contribution in [0.15, 0.2) is 0 Å². The van der Waals surface area contributed by atoms with E-state index in [1.165, 1.54) is 19.4 Å². The van der Waals surface area contributed by atoms with Gasteiger partial charge in [0, 0.05) is 6.04 Å². The number of likely N-dealkylation sites (tertiary alicyclic amines) is 1. The molecule has 0 aromatic carbocycles. The van der Waals surface area contributed by atoms with Gasteiger partial charge in [-0.2, -0.15) is 0 Å². The van der Waals surface area contributed by atoms with Crippen LogP contribution < -0.4 is 0 Å². The number of thioether (sulfide) groups is 1. The second-order valence-corrected chi connectivity index (χ2v) is 5.44. The maximum atomic E-state index is 9.81. The molecule has 15 heavy (non-hydrogen) atoms. The van der Waals surface area contributed by atoms with Gasteiger partial charge in [-0.05, 0) is 46.0 Å². The lowest BCUT2D eigenvalue weighted by Crippen LogP contribution is -2.31. The van der Waals surface area contributed by atoms with Crippen LogP contribution in [0.1, 0.15) is 26.2 Å². The van der Waals surface area contributed by atoms with Crippen LogP contribution >= 0.6 is 11.8 Å². The molecule has 0 aliphatic carbocycles. The van der Waals surface area contributed by atoms with E-state index >= 15 is 0 Å². The van der Waals surface area contributed by atoms with Gasteiger partial charge in [0.05, 0.1) is 18.1 Å². The molecule has 4 heteroatoms. The smallest absolute Gasteiger partial charge is 0.0998 e. The van der Waals surface area contributed by atoms with E-state index in [0.717, 1.165) is 6.42 Å². The fourth-order valence-corrected chi connectivity index (χ4v) is 2.19. The molecule has 0 saturated carbocycles. The van der Waals surface area contributed by atoms with Gasteiger partial charge < -0.3 is 14.7 Å². The van der Waals surface area contributed by atoms with Gasteiger partial charge in [0.1, 0.15) is 0 Å². The van der Waals surface area contributed by atoms with Crippen molar-refractivity contribution in [3.63, 3.8) is 0 Å². The van der Waals surface area contributed by atoms with Crippen LogP contribution in [0.3, 0.4) is 0 Å². The van der Waals surface area contributed by atoms with E-state index in [4.69, 9.17) is 4.74 Å². The van der Waals surface area contributed by atoms with Crippen molar-refractivity contribution in [2.45, 2.75) is 43.8 Å². The first-order chi connectivity index (χ1) is 7.13. The van der Waals surface area contributed by atoms with Crippen molar-refractivity contribution in [2.75, 3.05) is 26.5 Å². The summed E-state index contributed by atoms with van der Waals surface area (Å²) in [6.07, 6.45) is 5.02. The monoisotopic (exact) mass is 233 g/mol. The lowest BCUT2D eigenvalue weighted by Gasteiger charge is -2.23. The molecule has 1 saturated heterocycles. The molecule has 1 aliphatic rings. The minimum Gasteiger partial charge on any atom is -0.391 e. The first-order valence-corrected chi connectivity index (χ1v) is 6.95. The first kappa shape index (κ1) is 13.3. The lowest BCUT2D eigenvalue weighted by molar-refractivity contribution is 0.0166. The fraction of sp³-hybridized carbons (Fsp3) is 1.00. The molecule has 1 fully saturated rings. The summed E-state index contributed by atoms with van der Waals surface area (Å²) in [4.78, 5) is 2.33. The second kappa shape index (κ2) is 6.74. The average Bonchev–Trinajstić information content (AvgIpc) is 2.61. The molecule has 1 aliphatic heterocycles. The minimum atomic E-state index is -0.315. The highest BCUT2D eigenvalue weighted by Gasteiger charge is 2.23. The molecule has 0 amide bonds. The Morgan fingerprint density at radius 2 is 2.33 bits per heavy atom. The highest BCUT2D eigenvalue weighted by atomic mass is 32.2. The van der Waals surface area contributed by atoms with Crippen LogP contribution in [0.25, 0.3) is 0 Å². The quantitative estimate of drug-likeness (QED) is 0.706. The van der Waals surface area contributed by atoms with Crippen LogP contribution in [-0.4, -0.2) is 54.0 Å². The van der Waals surface area contributed by atoms with E-state index in [-0.39, 0.29) is 11.5 Å². The molecule has 2 unspecified atom stereocenters. The predicted octanol–water partition coefficient (Wildman–Crippen LogP) is 1.56. The van der Waals surface area contributed by atoms with E-state index in [9.17, 15) is 5.11 Å². The van der Waals surface area contributed by atoms with Gasteiger partial charge in [-0.25, -0.2) is 0 Å². The summed E-state index contributed by atoms with van der Waals surface area (Å²) in [6.45, 7) is 3.64. The molecule has 0 aromatic rings. The van der Waals surface area contributed by atoms with E-state index in [0.29, 0.717) is 12.6 Å². The van der Waals surface area contributed by atoms with E-state index in [2.05, 4.69) is 11.9 Å². The van der Waals surface area contributed by atoms with E-state index < -0.39 is 0 Å². The van der Waals surface area contributed by atoms with Gasteiger partial charge in [0.2, 0.25) is 0 Å². The van der Waals surface area contributed by atoms with Crippen molar-refractivity contribution in [3.8, 4) is 0 Å². The van der Waals surface area contributed by atoms with Crippen molar-refractivity contribution in [1.82, 2.24) is 4.90 Å². The summed E-state index contributed by atoms with van der Waals surface area (Å²) in [6, 6.07) is 0.549. The Morgan fingerprint density at radius 3 is 2.87 bits per heavy atom. The van der Waals surface area contributed by atoms with Crippen molar-refractivity contribution < 1.29 is 9.84 Å². The van der Waals surface area contributed by atoms with Crippen molar-refractivity contribution >= 4 is 11.8 Å². The third-order valence-electron chi connectivity index (χ3n) is 3.07. The molecule has 1 rings (SSSR count). The average molecular weight is 233 g/mol. The summed E-state index contributed by atoms with van der Waals surface area (Å²) in [5, 5.41) is 9.81. The van der Waals surface area contributed by atoms with Crippen LogP contribution in [0.4, 0.5) is 0 Å². The van der Waals surface area contributed by atoms with Gasteiger partial charge in [-0.1, -0.05) is 0 Å². The fourth-order valence-electron chi connectivity index (χ4n) is 1.97. The number of hydrogen-bond donors (Lipinski definition) is 1. The number of aliphatic hydroxyl groups excluding tert-OH is 1. The molecule has 0 radical (unpaired) electrons. The zero-order chi connectivity index (χ0) is 11.3. The van der Waals surface area contributed by atoms with Crippen LogP contribution in [-0.2, 0) is 4.74 Å². The normalized spacial score (nSPS) is 26.8. The number of hydrogen-bond acceptors (Lipinski definition) is 4. The lowest BCUT2D eigenvalue weighted by atomic mass is 10.1. The predicted molar refractivity (Wildman–Crippen MR) is 65.2 cm³/mol. The summed E-state index contributed by atoms with van der Waals surface area (Å²) in [7, 11) is 2.13. The second-order valence-electron chi connectivity index (χ2n) is 4.30. The third kappa shape index (κ3) is 4.72. The molecule has 0 spiro atoms. The number of nitrogens with zero attached hydrogens (tertiary/aromatic N) is 1. The molecule has 0 aromatic heterocycles. The standard InChI is InChI=1S/C11H23NO2S/c1-9(15-3)14-8-11(13)7-10-5-4-6-12(10)2/h9-11,13H,4-8H2,1-3H3/t9?,10?,11-/m0/s1. The van der Waals surface area contributed by atoms with Gasteiger partial charge in [-0.15, -0.1) is 11.8 Å². The zero-order valence-electron chi connectivity index (χ0n) is 9.98. The molecule has 1 heterocycles. The highest BCUT2D eigenvalue weighted by molar-refractivity contribution is 7.99. The molecular formula is C11H23NO2S. The van der Waals surface area contributed by atoms with Crippen LogP contribution in [0.2, 0.25) is 0 Å². The summed E-state index contributed by atoms with van der Waals surface area (Å²) in [5.74, 6) is 0. The van der Waals surface area contributed by atoms with Crippen molar-refractivity contribution in [3.05, 3.63) is 0 Å². The van der Waals surface area contributed by atoms with Crippen molar-refractivity contribution in [2.24, 2.45) is 0 Å². The Bertz CT molecular complexity index is 180. The van der Waals surface area contributed by atoms with Crippen LogP contribution in [0.5, 0.6) is 0 Å².